The maximum absolute atomic E-state index is 12.8. The van der Waals surface area contributed by atoms with Crippen LogP contribution in [0.2, 0.25) is 0 Å². The number of carbonyl (C=O) groups is 2. The molecule has 0 radical (unpaired) electrons. The Hall–Kier alpha value is -2.61. The number of hydrogen-bond donors (Lipinski definition) is 2. The molecule has 8 nitrogen and oxygen atoms in total. The van der Waals surface area contributed by atoms with E-state index in [0.717, 1.165) is 0 Å². The molecule has 26 heavy (non-hydrogen) atoms. The third-order valence-electron chi connectivity index (χ3n) is 4.44. The van der Waals surface area contributed by atoms with Crippen LogP contribution in [0.5, 0.6) is 5.75 Å². The van der Waals surface area contributed by atoms with Gasteiger partial charge in [-0.2, -0.15) is 0 Å². The fourth-order valence-electron chi connectivity index (χ4n) is 3.33. The van der Waals surface area contributed by atoms with Crippen LogP contribution in [-0.4, -0.2) is 64.1 Å². The van der Waals surface area contributed by atoms with E-state index in [1.54, 1.807) is 29.7 Å². The van der Waals surface area contributed by atoms with Crippen LogP contribution in [0, 0.1) is 12.8 Å². The summed E-state index contributed by atoms with van der Waals surface area (Å²) in [6.07, 6.45) is 1.75. The zero-order chi connectivity index (χ0) is 18.1. The molecule has 3 rings (SSSR count). The molecule has 0 saturated carbocycles. The highest BCUT2D eigenvalue weighted by Gasteiger charge is 2.37. The van der Waals surface area contributed by atoms with Gasteiger partial charge in [-0.25, -0.2) is 4.98 Å². The Labute approximate surface area is 152 Å². The van der Waals surface area contributed by atoms with E-state index in [0.29, 0.717) is 42.5 Å². The lowest BCUT2D eigenvalue weighted by Crippen LogP contribution is -2.43. The number of aliphatic carboxylic acids is 1. The number of carbonyl (C=O) groups excluding carboxylic acids is 1. The van der Waals surface area contributed by atoms with Gasteiger partial charge in [0.1, 0.15) is 5.69 Å². The molecular weight excluding hydrogens is 336 g/mol. The molecule has 142 valence electrons. The Morgan fingerprint density at radius 2 is 2.15 bits per heavy atom. The summed E-state index contributed by atoms with van der Waals surface area (Å²) in [6, 6.07) is 3.16. The first-order valence-corrected chi connectivity index (χ1v) is 8.25. The maximum Gasteiger partial charge on any atom is 0.309 e. The first-order valence-electron chi connectivity index (χ1n) is 8.25. The number of imidazole rings is 1. The van der Waals surface area contributed by atoms with Gasteiger partial charge in [-0.3, -0.25) is 14.0 Å². The molecule has 0 aromatic carbocycles. The molecule has 2 N–H and O–H groups in total. The van der Waals surface area contributed by atoms with Crippen molar-refractivity contribution in [3.8, 4) is 5.75 Å². The molecule has 0 bridgehead atoms. The molecule has 0 aliphatic carbocycles. The number of hydrogen-bond acceptors (Lipinski definition) is 5. The van der Waals surface area contributed by atoms with Gasteiger partial charge in [0.2, 0.25) is 0 Å². The summed E-state index contributed by atoms with van der Waals surface area (Å²) >= 11 is 0. The number of carboxylic acid groups (broad SMARTS) is 1. The van der Waals surface area contributed by atoms with E-state index in [4.69, 9.17) is 4.74 Å². The van der Waals surface area contributed by atoms with Crippen molar-refractivity contribution in [3.63, 3.8) is 0 Å². The summed E-state index contributed by atoms with van der Waals surface area (Å²) in [7, 11) is 1.84. The van der Waals surface area contributed by atoms with E-state index < -0.39 is 17.9 Å². The zero-order valence-electron chi connectivity index (χ0n) is 14.5. The zero-order valence-corrected chi connectivity index (χ0v) is 14.5. The highest BCUT2D eigenvalue weighted by Crippen LogP contribution is 2.23. The quantitative estimate of drug-likeness (QED) is 0.835. The molecule has 2 aromatic rings. The maximum atomic E-state index is 12.8. The van der Waals surface area contributed by atoms with Crippen LogP contribution in [-0.2, 0) is 4.79 Å². The largest absolute Gasteiger partial charge is 0.490 e. The van der Waals surface area contributed by atoms with Gasteiger partial charge in [0.15, 0.2) is 11.4 Å². The second kappa shape index (κ2) is 7.74. The smallest absolute Gasteiger partial charge is 0.309 e. The van der Waals surface area contributed by atoms with Crippen LogP contribution < -0.4 is 10.1 Å². The molecular formula is C18H26N4O4. The molecule has 0 spiro atoms. The average molecular weight is 362 g/mol. The van der Waals surface area contributed by atoms with Gasteiger partial charge in [-0.15, -0.1) is 0 Å². The summed E-state index contributed by atoms with van der Waals surface area (Å²) in [6.45, 7) is 5.06. The van der Waals surface area contributed by atoms with E-state index in [2.05, 4.69) is 10.3 Å². The number of ether oxygens (including phenoxy) is 1. The average Bonchev–Trinajstić information content (AvgIpc) is 3.07. The SMILES string of the molecule is C.CCOc1cccn2c(C(=O)NC3CN(C)CC3C(=O)O)c(C)nc12. The minimum absolute atomic E-state index is 0. The predicted molar refractivity (Wildman–Crippen MR) is 97.7 cm³/mol. The van der Waals surface area contributed by atoms with Crippen LogP contribution in [0.4, 0.5) is 0 Å². The Balaban J connectivity index is 0.00000243. The Morgan fingerprint density at radius 1 is 1.42 bits per heavy atom. The van der Waals surface area contributed by atoms with Gasteiger partial charge in [-0.1, -0.05) is 7.43 Å². The summed E-state index contributed by atoms with van der Waals surface area (Å²) in [5, 5.41) is 12.2. The van der Waals surface area contributed by atoms with Crippen molar-refractivity contribution in [2.75, 3.05) is 26.7 Å². The monoisotopic (exact) mass is 362 g/mol. The normalized spacial score (nSPS) is 20.0. The van der Waals surface area contributed by atoms with Crippen molar-refractivity contribution < 1.29 is 19.4 Å². The second-order valence-electron chi connectivity index (χ2n) is 6.29. The third kappa shape index (κ3) is 3.50. The molecule has 2 aromatic heterocycles. The number of nitrogens with zero attached hydrogens (tertiary/aromatic N) is 3. The van der Waals surface area contributed by atoms with Crippen LogP contribution in [0.3, 0.4) is 0 Å². The summed E-state index contributed by atoms with van der Waals surface area (Å²) in [5.74, 6) is -1.24. The number of amides is 1. The van der Waals surface area contributed by atoms with Crippen molar-refractivity contribution in [2.45, 2.75) is 27.3 Å². The molecule has 1 aliphatic heterocycles. The number of carboxylic acids is 1. The van der Waals surface area contributed by atoms with Crippen molar-refractivity contribution in [1.82, 2.24) is 19.6 Å². The van der Waals surface area contributed by atoms with Gasteiger partial charge < -0.3 is 20.1 Å². The first-order chi connectivity index (χ1) is 11.9. The number of likely N-dealkylation sites (tertiary alicyclic amines) is 1. The summed E-state index contributed by atoms with van der Waals surface area (Å²) < 4.78 is 7.25. The number of aromatic nitrogens is 2. The topological polar surface area (TPSA) is 96.2 Å². The number of nitrogens with one attached hydrogen (secondary N) is 1. The van der Waals surface area contributed by atoms with Gasteiger partial charge >= 0.3 is 5.97 Å². The molecule has 2 atom stereocenters. The van der Waals surface area contributed by atoms with E-state index >= 15 is 0 Å². The second-order valence-corrected chi connectivity index (χ2v) is 6.29. The number of aryl methyl sites for hydroxylation is 1. The van der Waals surface area contributed by atoms with E-state index in [1.807, 2.05) is 18.9 Å². The standard InChI is InChI=1S/C17H22N4O4.CH4/c1-4-25-13-6-5-7-21-14(10(2)18-15(13)21)16(22)19-12-9-20(3)8-11(12)17(23)24;/h5-7,11-12H,4,8-9H2,1-3H3,(H,19,22)(H,23,24);1H4. The van der Waals surface area contributed by atoms with E-state index in [1.165, 1.54) is 0 Å². The summed E-state index contributed by atoms with van der Waals surface area (Å²) in [5.41, 5.74) is 1.54. The molecule has 1 saturated heterocycles. The fraction of sp³-hybridized carbons (Fsp3) is 0.500. The lowest BCUT2D eigenvalue weighted by atomic mass is 10.0. The van der Waals surface area contributed by atoms with Crippen LogP contribution in [0.25, 0.3) is 5.65 Å². The lowest BCUT2D eigenvalue weighted by molar-refractivity contribution is -0.141. The fourth-order valence-corrected chi connectivity index (χ4v) is 3.33. The lowest BCUT2D eigenvalue weighted by Gasteiger charge is -2.17. The van der Waals surface area contributed by atoms with Crippen LogP contribution in [0.15, 0.2) is 18.3 Å². The molecule has 2 unspecified atom stereocenters. The van der Waals surface area contributed by atoms with Crippen LogP contribution >= 0.6 is 0 Å². The van der Waals surface area contributed by atoms with E-state index in [9.17, 15) is 14.7 Å². The van der Waals surface area contributed by atoms with Crippen molar-refractivity contribution in [3.05, 3.63) is 29.7 Å². The predicted octanol–water partition coefficient (Wildman–Crippen LogP) is 1.42. The number of likely N-dealkylation sites (N-methyl/N-ethyl adjacent to an activating group) is 1. The van der Waals surface area contributed by atoms with Gasteiger partial charge in [0, 0.05) is 19.3 Å². The molecule has 8 heteroatoms. The highest BCUT2D eigenvalue weighted by atomic mass is 16.5. The highest BCUT2D eigenvalue weighted by molar-refractivity contribution is 5.95. The molecule has 1 amide bonds. The first kappa shape index (κ1) is 19.7. The number of pyridine rings is 1. The van der Waals surface area contributed by atoms with Crippen molar-refractivity contribution >= 4 is 17.5 Å². The molecule has 3 heterocycles. The minimum atomic E-state index is -0.900. The van der Waals surface area contributed by atoms with Crippen molar-refractivity contribution in [2.24, 2.45) is 5.92 Å². The Morgan fingerprint density at radius 3 is 2.81 bits per heavy atom. The van der Waals surface area contributed by atoms with E-state index in [-0.39, 0.29) is 13.3 Å². The number of fused-ring (bicyclic) bond motifs is 1. The van der Waals surface area contributed by atoms with Gasteiger partial charge in [0.05, 0.1) is 24.3 Å². The van der Waals surface area contributed by atoms with Crippen LogP contribution in [0.1, 0.15) is 30.5 Å². The van der Waals surface area contributed by atoms with Gasteiger partial charge in [-0.05, 0) is 33.0 Å². The third-order valence-corrected chi connectivity index (χ3v) is 4.44. The summed E-state index contributed by atoms with van der Waals surface area (Å²) in [4.78, 5) is 30.6. The number of rotatable bonds is 5. The Kier molecular flexibility index (Phi) is 5.86. The van der Waals surface area contributed by atoms with Crippen molar-refractivity contribution in [1.29, 1.82) is 0 Å². The van der Waals surface area contributed by atoms with Gasteiger partial charge in [0.25, 0.3) is 5.91 Å². The molecule has 1 fully saturated rings. The molecule has 1 aliphatic rings. The Bertz CT molecular complexity index is 817. The minimum Gasteiger partial charge on any atom is -0.490 e.